The van der Waals surface area contributed by atoms with Crippen molar-refractivity contribution in [3.63, 3.8) is 0 Å². The summed E-state index contributed by atoms with van der Waals surface area (Å²) in [4.78, 5) is 25.0. The topological polar surface area (TPSA) is 175 Å². The summed E-state index contributed by atoms with van der Waals surface area (Å²) in [6.07, 6.45) is 45.1. The third kappa shape index (κ3) is 36.5. The van der Waals surface area contributed by atoms with Crippen LogP contribution in [-0.2, 0) is 23.8 Å². The molecule has 0 bridgehead atoms. The standard InChI is InChI=1S/C56H103NO10/c1-3-5-7-9-11-13-22-26-30-34-38-42-49(59)48(47-66-56-55(64)54(63)53(62)50(46-58)67-56)57-51(60)43-39-35-31-27-24-20-18-16-15-17-19-21-25-29-33-37-41-45-65-52(61)44-40-36-32-28-23-14-12-10-8-6-4-2/h15,17,21,25,38,42,48-50,53-56,58-59,62-64H,3-14,16,18-20,22-24,26-37,39-41,43-47H2,1-2H3,(H,57,60)/b17-15-,25-21-,42-38+. The van der Waals surface area contributed by atoms with Crippen molar-refractivity contribution in [1.29, 1.82) is 0 Å². The van der Waals surface area contributed by atoms with Gasteiger partial charge >= 0.3 is 5.97 Å². The molecule has 0 aromatic heterocycles. The molecule has 1 fully saturated rings. The molecule has 0 aromatic carbocycles. The van der Waals surface area contributed by atoms with Crippen molar-refractivity contribution in [2.45, 2.75) is 288 Å². The first-order valence-electron chi connectivity index (χ1n) is 27.8. The van der Waals surface area contributed by atoms with E-state index in [1.54, 1.807) is 6.08 Å². The lowest BCUT2D eigenvalue weighted by atomic mass is 9.99. The minimum absolute atomic E-state index is 0.0331. The zero-order chi connectivity index (χ0) is 48.8. The van der Waals surface area contributed by atoms with E-state index in [0.717, 1.165) is 96.3 Å². The van der Waals surface area contributed by atoms with Crippen LogP contribution in [0.15, 0.2) is 36.5 Å². The first-order chi connectivity index (χ1) is 32.7. The molecular formula is C56H103NO10. The maximum Gasteiger partial charge on any atom is 0.305 e. The second-order valence-corrected chi connectivity index (χ2v) is 19.3. The molecule has 7 unspecified atom stereocenters. The Kier molecular flexibility index (Phi) is 43.4. The van der Waals surface area contributed by atoms with Crippen molar-refractivity contribution < 1.29 is 49.3 Å². The number of ether oxygens (including phenoxy) is 3. The van der Waals surface area contributed by atoms with E-state index in [0.29, 0.717) is 19.4 Å². The molecule has 392 valence electrons. The van der Waals surface area contributed by atoms with E-state index in [2.05, 4.69) is 43.5 Å². The zero-order valence-electron chi connectivity index (χ0n) is 42.9. The maximum atomic E-state index is 13.0. The number of hydrogen-bond donors (Lipinski definition) is 6. The van der Waals surface area contributed by atoms with E-state index in [1.807, 2.05) is 6.08 Å². The Labute approximate surface area is 409 Å². The van der Waals surface area contributed by atoms with E-state index < -0.39 is 49.5 Å². The highest BCUT2D eigenvalue weighted by atomic mass is 16.7. The van der Waals surface area contributed by atoms with Crippen LogP contribution in [0.5, 0.6) is 0 Å². The number of allylic oxidation sites excluding steroid dienone is 5. The van der Waals surface area contributed by atoms with Crippen LogP contribution in [0.1, 0.15) is 245 Å². The SMILES string of the molecule is CCCCCCCCCCC/C=C/C(O)C(COC1OC(CO)C(O)C(O)C1O)NC(=O)CCCCCCCCC/C=C\C/C=C\CCCCCOC(=O)CCCCCCCCCCCCC. The minimum atomic E-state index is -1.58. The van der Waals surface area contributed by atoms with Crippen LogP contribution in [0, 0.1) is 0 Å². The first kappa shape index (κ1) is 62.9. The summed E-state index contributed by atoms with van der Waals surface area (Å²) in [5.74, 6) is -0.232. The van der Waals surface area contributed by atoms with Gasteiger partial charge in [0.05, 0.1) is 32.0 Å². The van der Waals surface area contributed by atoms with Crippen LogP contribution >= 0.6 is 0 Å². The molecule has 0 spiro atoms. The second kappa shape index (κ2) is 46.3. The third-order valence-corrected chi connectivity index (χ3v) is 13.0. The average Bonchev–Trinajstić information content (AvgIpc) is 3.32. The third-order valence-electron chi connectivity index (χ3n) is 13.0. The Hall–Kier alpha value is -2.12. The fourth-order valence-corrected chi connectivity index (χ4v) is 8.52. The van der Waals surface area contributed by atoms with E-state index >= 15 is 0 Å². The Balaban J connectivity index is 2.15. The number of carbonyl (C=O) groups excluding carboxylic acids is 2. The fourth-order valence-electron chi connectivity index (χ4n) is 8.52. The molecule has 11 heteroatoms. The number of rotatable bonds is 47. The van der Waals surface area contributed by atoms with Gasteiger partial charge in [-0.05, 0) is 70.6 Å². The molecule has 1 saturated heterocycles. The van der Waals surface area contributed by atoms with Crippen LogP contribution in [0.25, 0.3) is 0 Å². The van der Waals surface area contributed by atoms with Crippen LogP contribution in [0.4, 0.5) is 0 Å². The molecule has 0 aliphatic carbocycles. The molecule has 0 aromatic rings. The average molecular weight is 950 g/mol. The molecule has 1 heterocycles. The normalized spacial score (nSPS) is 19.8. The number of aliphatic hydroxyl groups is 5. The highest BCUT2D eigenvalue weighted by Gasteiger charge is 2.44. The smallest absolute Gasteiger partial charge is 0.305 e. The molecule has 0 saturated carbocycles. The highest BCUT2D eigenvalue weighted by Crippen LogP contribution is 2.23. The Morgan fingerprint density at radius 3 is 1.51 bits per heavy atom. The molecular weight excluding hydrogens is 847 g/mol. The quantitative estimate of drug-likeness (QED) is 0.0196. The van der Waals surface area contributed by atoms with Crippen molar-refractivity contribution in [2.75, 3.05) is 19.8 Å². The monoisotopic (exact) mass is 950 g/mol. The van der Waals surface area contributed by atoms with Gasteiger partial charge in [0.25, 0.3) is 0 Å². The predicted molar refractivity (Wildman–Crippen MR) is 274 cm³/mol. The van der Waals surface area contributed by atoms with Gasteiger partial charge in [-0.2, -0.15) is 0 Å². The van der Waals surface area contributed by atoms with Gasteiger partial charge in [0.15, 0.2) is 6.29 Å². The van der Waals surface area contributed by atoms with Gasteiger partial charge in [-0.3, -0.25) is 9.59 Å². The summed E-state index contributed by atoms with van der Waals surface area (Å²) in [5, 5.41) is 54.2. The van der Waals surface area contributed by atoms with Crippen molar-refractivity contribution in [1.82, 2.24) is 5.32 Å². The molecule has 1 amide bonds. The molecule has 1 aliphatic heterocycles. The van der Waals surface area contributed by atoms with Gasteiger partial charge in [-0.1, -0.05) is 198 Å². The number of esters is 1. The fraction of sp³-hybridized carbons (Fsp3) is 0.857. The van der Waals surface area contributed by atoms with Crippen LogP contribution < -0.4 is 5.32 Å². The maximum absolute atomic E-state index is 13.0. The van der Waals surface area contributed by atoms with Crippen LogP contribution in [0.3, 0.4) is 0 Å². The summed E-state index contributed by atoms with van der Waals surface area (Å²) in [7, 11) is 0. The second-order valence-electron chi connectivity index (χ2n) is 19.3. The van der Waals surface area contributed by atoms with E-state index in [4.69, 9.17) is 14.2 Å². The van der Waals surface area contributed by atoms with Crippen molar-refractivity contribution in [2.24, 2.45) is 0 Å². The highest BCUT2D eigenvalue weighted by molar-refractivity contribution is 5.76. The lowest BCUT2D eigenvalue weighted by Crippen LogP contribution is -2.60. The number of hydrogen-bond acceptors (Lipinski definition) is 10. The van der Waals surface area contributed by atoms with Crippen molar-refractivity contribution >= 4 is 11.9 Å². The summed E-state index contributed by atoms with van der Waals surface area (Å²) < 4.78 is 16.6. The van der Waals surface area contributed by atoms with Gasteiger partial charge in [-0.25, -0.2) is 0 Å². The number of unbranched alkanes of at least 4 members (excludes halogenated alkanes) is 29. The molecule has 11 nitrogen and oxygen atoms in total. The summed E-state index contributed by atoms with van der Waals surface area (Å²) in [6.45, 7) is 4.26. The van der Waals surface area contributed by atoms with Crippen LogP contribution in [-0.4, -0.2) is 100 Å². The van der Waals surface area contributed by atoms with Gasteiger partial charge in [0.2, 0.25) is 5.91 Å². The predicted octanol–water partition coefficient (Wildman–Crippen LogP) is 11.9. The lowest BCUT2D eigenvalue weighted by molar-refractivity contribution is -0.302. The van der Waals surface area contributed by atoms with Crippen molar-refractivity contribution in [3.05, 3.63) is 36.5 Å². The van der Waals surface area contributed by atoms with Gasteiger partial charge < -0.3 is 45.1 Å². The lowest BCUT2D eigenvalue weighted by Gasteiger charge is -2.40. The van der Waals surface area contributed by atoms with E-state index in [1.165, 1.54) is 122 Å². The van der Waals surface area contributed by atoms with Gasteiger partial charge in [0.1, 0.15) is 24.4 Å². The van der Waals surface area contributed by atoms with Gasteiger partial charge in [-0.15, -0.1) is 0 Å². The first-order valence-corrected chi connectivity index (χ1v) is 27.8. The van der Waals surface area contributed by atoms with Gasteiger partial charge in [0, 0.05) is 12.8 Å². The largest absolute Gasteiger partial charge is 0.466 e. The number of aliphatic hydroxyl groups excluding tert-OH is 5. The molecule has 0 radical (unpaired) electrons. The van der Waals surface area contributed by atoms with Crippen LogP contribution in [0.2, 0.25) is 0 Å². The Morgan fingerprint density at radius 2 is 1.00 bits per heavy atom. The van der Waals surface area contributed by atoms with Crippen molar-refractivity contribution in [3.8, 4) is 0 Å². The van der Waals surface area contributed by atoms with E-state index in [9.17, 15) is 35.1 Å². The van der Waals surface area contributed by atoms with E-state index in [-0.39, 0.29) is 18.5 Å². The molecule has 7 atom stereocenters. The molecule has 6 N–H and O–H groups in total. The Bertz CT molecular complexity index is 1210. The molecule has 67 heavy (non-hydrogen) atoms. The zero-order valence-corrected chi connectivity index (χ0v) is 42.9. The molecule has 1 aliphatic rings. The summed E-state index contributed by atoms with van der Waals surface area (Å²) in [5.41, 5.74) is 0. The number of nitrogens with one attached hydrogen (secondary N) is 1. The number of amides is 1. The molecule has 1 rings (SSSR count). The summed E-state index contributed by atoms with van der Waals surface area (Å²) in [6, 6.07) is -0.821. The summed E-state index contributed by atoms with van der Waals surface area (Å²) >= 11 is 0. The minimum Gasteiger partial charge on any atom is -0.466 e. The number of carbonyl (C=O) groups is 2. The Morgan fingerprint density at radius 1 is 0.552 bits per heavy atom.